The summed E-state index contributed by atoms with van der Waals surface area (Å²) in [6, 6.07) is 0.173. The molecule has 0 aliphatic carbocycles. The number of amides is 1. The van der Waals surface area contributed by atoms with Gasteiger partial charge >= 0.3 is 6.09 Å². The van der Waals surface area contributed by atoms with Crippen molar-refractivity contribution in [3.8, 4) is 0 Å². The molecule has 0 aromatic heterocycles. The van der Waals surface area contributed by atoms with E-state index in [0.29, 0.717) is 26.1 Å². The molecule has 0 saturated carbocycles. The lowest BCUT2D eigenvalue weighted by atomic mass is 10.1. The lowest BCUT2D eigenvalue weighted by molar-refractivity contribution is 0.0188. The molecule has 124 valence electrons. The molecule has 0 bridgehead atoms. The molecule has 0 radical (unpaired) electrons. The van der Waals surface area contributed by atoms with Gasteiger partial charge in [-0.05, 0) is 46.6 Å². The van der Waals surface area contributed by atoms with E-state index >= 15 is 0 Å². The quantitative estimate of drug-likeness (QED) is 0.724. The number of sulfonamides is 1. The van der Waals surface area contributed by atoms with Crippen molar-refractivity contribution >= 4 is 16.1 Å². The predicted octanol–water partition coefficient (Wildman–Crippen LogP) is 0.654. The fourth-order valence-electron chi connectivity index (χ4n) is 2.22. The van der Waals surface area contributed by atoms with Crippen LogP contribution in [0.4, 0.5) is 4.79 Å². The van der Waals surface area contributed by atoms with Gasteiger partial charge in [0.1, 0.15) is 5.60 Å². The minimum Gasteiger partial charge on any atom is -0.444 e. The molecule has 1 atom stereocenters. The zero-order valence-electron chi connectivity index (χ0n) is 13.1. The van der Waals surface area contributed by atoms with Gasteiger partial charge in [0.2, 0.25) is 10.0 Å². The molecule has 1 fully saturated rings. The van der Waals surface area contributed by atoms with E-state index in [1.165, 1.54) is 0 Å². The molecule has 0 spiro atoms. The molecule has 1 rings (SSSR count). The molecule has 1 unspecified atom stereocenters. The van der Waals surface area contributed by atoms with Gasteiger partial charge in [-0.15, -0.1) is 0 Å². The van der Waals surface area contributed by atoms with Gasteiger partial charge < -0.3 is 15.0 Å². The maximum Gasteiger partial charge on any atom is 0.410 e. The maximum atomic E-state index is 12.0. The molecule has 3 N–H and O–H groups in total. The Kier molecular flexibility index (Phi) is 6.42. The third-order valence-electron chi connectivity index (χ3n) is 3.11. The molecule has 1 aliphatic rings. The normalized spacial score (nSPS) is 20.4. The number of nitrogens with one attached hydrogen (secondary N) is 1. The van der Waals surface area contributed by atoms with Crippen LogP contribution in [-0.2, 0) is 14.8 Å². The number of nitrogens with two attached hydrogens (primary N) is 1. The molecule has 0 aromatic rings. The highest BCUT2D eigenvalue weighted by Gasteiger charge is 2.27. The van der Waals surface area contributed by atoms with E-state index in [9.17, 15) is 13.2 Å². The van der Waals surface area contributed by atoms with Crippen LogP contribution in [0.3, 0.4) is 0 Å². The fourth-order valence-corrected chi connectivity index (χ4v) is 2.76. The Morgan fingerprint density at radius 1 is 1.43 bits per heavy atom. The molecule has 8 heteroatoms. The Hall–Kier alpha value is -0.860. The summed E-state index contributed by atoms with van der Waals surface area (Å²) in [5.41, 5.74) is -0.493. The van der Waals surface area contributed by atoms with Crippen molar-refractivity contribution in [1.29, 1.82) is 0 Å². The minimum atomic E-state index is -3.40. The molecule has 1 amide bonds. The Balaban J connectivity index is 2.33. The van der Waals surface area contributed by atoms with Crippen molar-refractivity contribution in [2.75, 3.05) is 25.4 Å². The van der Waals surface area contributed by atoms with Gasteiger partial charge in [0.05, 0.1) is 5.75 Å². The van der Waals surface area contributed by atoms with Crippen LogP contribution in [0.25, 0.3) is 0 Å². The summed E-state index contributed by atoms with van der Waals surface area (Å²) in [7, 11) is -3.40. The molecular weight excluding hydrogens is 294 g/mol. The van der Waals surface area contributed by atoms with Gasteiger partial charge in [0.15, 0.2) is 0 Å². The van der Waals surface area contributed by atoms with Gasteiger partial charge in [-0.2, -0.15) is 0 Å². The number of piperidine rings is 1. The smallest absolute Gasteiger partial charge is 0.410 e. The van der Waals surface area contributed by atoms with Crippen LogP contribution in [0.2, 0.25) is 0 Å². The standard InChI is InChI=1S/C13H27N3O4S/c1-13(2,3)20-12(17)16-8-4-6-11(10-16)15-7-5-9-21(14,18)19/h11,15H,4-10H2,1-3H3,(H2,14,18,19). The van der Waals surface area contributed by atoms with Gasteiger partial charge in [-0.3, -0.25) is 0 Å². The monoisotopic (exact) mass is 321 g/mol. The zero-order chi connectivity index (χ0) is 16.1. The summed E-state index contributed by atoms with van der Waals surface area (Å²) in [6.45, 7) is 7.39. The van der Waals surface area contributed by atoms with E-state index in [4.69, 9.17) is 9.88 Å². The number of carbonyl (C=O) groups is 1. The highest BCUT2D eigenvalue weighted by atomic mass is 32.2. The molecular formula is C13H27N3O4S. The van der Waals surface area contributed by atoms with Gasteiger partial charge in [0, 0.05) is 19.1 Å². The average Bonchev–Trinajstić information content (AvgIpc) is 2.32. The lowest BCUT2D eigenvalue weighted by Gasteiger charge is -2.34. The highest BCUT2D eigenvalue weighted by molar-refractivity contribution is 7.89. The second kappa shape index (κ2) is 7.42. The van der Waals surface area contributed by atoms with Crippen LogP contribution in [0.5, 0.6) is 0 Å². The van der Waals surface area contributed by atoms with E-state index in [2.05, 4.69) is 5.32 Å². The van der Waals surface area contributed by atoms with Crippen LogP contribution in [0, 0.1) is 0 Å². The van der Waals surface area contributed by atoms with Crippen molar-refractivity contribution in [2.45, 2.75) is 51.7 Å². The number of nitrogens with zero attached hydrogens (tertiary/aromatic N) is 1. The number of carbonyl (C=O) groups excluding carboxylic acids is 1. The first-order chi connectivity index (χ1) is 9.57. The Morgan fingerprint density at radius 2 is 2.10 bits per heavy atom. The molecule has 1 heterocycles. The zero-order valence-corrected chi connectivity index (χ0v) is 13.9. The summed E-state index contributed by atoms with van der Waals surface area (Å²) in [6.07, 6.45) is 2.06. The Bertz CT molecular complexity index is 445. The van der Waals surface area contributed by atoms with Crippen LogP contribution < -0.4 is 10.5 Å². The van der Waals surface area contributed by atoms with Crippen molar-refractivity contribution in [3.05, 3.63) is 0 Å². The number of hydrogen-bond donors (Lipinski definition) is 2. The van der Waals surface area contributed by atoms with E-state index in [-0.39, 0.29) is 17.9 Å². The SMILES string of the molecule is CC(C)(C)OC(=O)N1CCCC(NCCCS(N)(=O)=O)C1. The van der Waals surface area contributed by atoms with Crippen molar-refractivity contribution in [2.24, 2.45) is 5.14 Å². The average molecular weight is 321 g/mol. The predicted molar refractivity (Wildman–Crippen MR) is 81.4 cm³/mol. The molecule has 1 aliphatic heterocycles. The fraction of sp³-hybridized carbons (Fsp3) is 0.923. The van der Waals surface area contributed by atoms with E-state index < -0.39 is 15.6 Å². The van der Waals surface area contributed by atoms with Crippen LogP contribution >= 0.6 is 0 Å². The summed E-state index contributed by atoms with van der Waals surface area (Å²) in [5, 5.41) is 8.22. The minimum absolute atomic E-state index is 0.0253. The summed E-state index contributed by atoms with van der Waals surface area (Å²) in [5.74, 6) is -0.0253. The third-order valence-corrected chi connectivity index (χ3v) is 3.97. The highest BCUT2D eigenvalue weighted by Crippen LogP contribution is 2.15. The Morgan fingerprint density at radius 3 is 2.67 bits per heavy atom. The van der Waals surface area contributed by atoms with E-state index in [0.717, 1.165) is 12.8 Å². The molecule has 1 saturated heterocycles. The lowest BCUT2D eigenvalue weighted by Crippen LogP contribution is -2.49. The number of hydrogen-bond acceptors (Lipinski definition) is 5. The first-order valence-corrected chi connectivity index (χ1v) is 9.00. The first kappa shape index (κ1) is 18.2. The van der Waals surface area contributed by atoms with Gasteiger partial charge in [-0.25, -0.2) is 18.4 Å². The largest absolute Gasteiger partial charge is 0.444 e. The molecule has 0 aromatic carbocycles. The van der Waals surface area contributed by atoms with Crippen molar-refractivity contribution in [1.82, 2.24) is 10.2 Å². The number of rotatable bonds is 5. The number of likely N-dealkylation sites (tertiary alicyclic amines) is 1. The summed E-state index contributed by atoms with van der Waals surface area (Å²) in [4.78, 5) is 13.7. The molecule has 7 nitrogen and oxygen atoms in total. The Labute approximate surface area is 127 Å². The van der Waals surface area contributed by atoms with Crippen LogP contribution in [0.1, 0.15) is 40.0 Å². The number of primary sulfonamides is 1. The summed E-state index contributed by atoms with van der Waals surface area (Å²) >= 11 is 0. The first-order valence-electron chi connectivity index (χ1n) is 7.28. The van der Waals surface area contributed by atoms with Gasteiger partial charge in [0.25, 0.3) is 0 Å². The van der Waals surface area contributed by atoms with Crippen molar-refractivity contribution in [3.63, 3.8) is 0 Å². The number of ether oxygens (including phenoxy) is 1. The molecule has 21 heavy (non-hydrogen) atoms. The van der Waals surface area contributed by atoms with Crippen molar-refractivity contribution < 1.29 is 17.9 Å². The maximum absolute atomic E-state index is 12.0. The van der Waals surface area contributed by atoms with Gasteiger partial charge in [-0.1, -0.05) is 0 Å². The van der Waals surface area contributed by atoms with Crippen LogP contribution in [0.15, 0.2) is 0 Å². The second-order valence-electron chi connectivity index (χ2n) is 6.44. The van der Waals surface area contributed by atoms with E-state index in [1.807, 2.05) is 20.8 Å². The third kappa shape index (κ3) is 8.23. The van der Waals surface area contributed by atoms with Crippen LogP contribution in [-0.4, -0.2) is 56.4 Å². The second-order valence-corrected chi connectivity index (χ2v) is 8.17. The summed E-state index contributed by atoms with van der Waals surface area (Å²) < 4.78 is 27.0. The van der Waals surface area contributed by atoms with E-state index in [1.54, 1.807) is 4.90 Å². The topological polar surface area (TPSA) is 102 Å².